The number of aliphatic hydroxyl groups is 1. The highest BCUT2D eigenvalue weighted by molar-refractivity contribution is 5.93. The van der Waals surface area contributed by atoms with Gasteiger partial charge < -0.3 is 21.3 Å². The minimum atomic E-state index is -0.506. The van der Waals surface area contributed by atoms with Crippen molar-refractivity contribution >= 4 is 11.6 Å². The molecular formula is C16H18N2O3. The van der Waals surface area contributed by atoms with Gasteiger partial charge in [-0.15, -0.1) is 0 Å². The zero-order valence-corrected chi connectivity index (χ0v) is 11.6. The molecule has 5 N–H and O–H groups in total. The first-order valence-electron chi connectivity index (χ1n) is 6.61. The smallest absolute Gasteiger partial charge is 0.248 e. The second-order valence-corrected chi connectivity index (χ2v) is 4.68. The van der Waals surface area contributed by atoms with Crippen molar-refractivity contribution in [2.24, 2.45) is 5.73 Å². The van der Waals surface area contributed by atoms with E-state index in [0.29, 0.717) is 24.3 Å². The van der Waals surface area contributed by atoms with Gasteiger partial charge in [0.25, 0.3) is 0 Å². The Kier molecular flexibility index (Phi) is 4.79. The molecule has 5 heteroatoms. The lowest BCUT2D eigenvalue weighted by Gasteiger charge is -2.10. The second-order valence-electron chi connectivity index (χ2n) is 4.68. The van der Waals surface area contributed by atoms with Gasteiger partial charge in [0.15, 0.2) is 0 Å². The highest BCUT2D eigenvalue weighted by Crippen LogP contribution is 2.18. The van der Waals surface area contributed by atoms with Crippen molar-refractivity contribution in [2.45, 2.75) is 13.0 Å². The summed E-state index contributed by atoms with van der Waals surface area (Å²) in [5.74, 6) is 0.212. The highest BCUT2D eigenvalue weighted by atomic mass is 16.5. The van der Waals surface area contributed by atoms with E-state index < -0.39 is 5.91 Å². The molecule has 0 fully saturated rings. The van der Waals surface area contributed by atoms with Crippen molar-refractivity contribution in [3.05, 3.63) is 59.2 Å². The van der Waals surface area contributed by atoms with Gasteiger partial charge in [0.1, 0.15) is 12.4 Å². The molecule has 2 rings (SSSR count). The van der Waals surface area contributed by atoms with Gasteiger partial charge in [-0.1, -0.05) is 18.2 Å². The summed E-state index contributed by atoms with van der Waals surface area (Å²) in [7, 11) is 0. The number of carbonyl (C=O) groups is 1. The van der Waals surface area contributed by atoms with Crippen molar-refractivity contribution in [3.8, 4) is 5.75 Å². The lowest BCUT2D eigenvalue weighted by atomic mass is 10.1. The van der Waals surface area contributed by atoms with Crippen LogP contribution in [0.2, 0.25) is 0 Å². The van der Waals surface area contributed by atoms with Crippen LogP contribution >= 0.6 is 0 Å². The van der Waals surface area contributed by atoms with Crippen LogP contribution in [0, 0.1) is 0 Å². The molecule has 0 spiro atoms. The largest absolute Gasteiger partial charge is 0.489 e. The van der Waals surface area contributed by atoms with Gasteiger partial charge in [0.2, 0.25) is 5.91 Å². The third kappa shape index (κ3) is 3.97. The molecule has 0 aliphatic carbocycles. The molecule has 0 saturated carbocycles. The number of nitrogens with two attached hydrogens (primary N) is 2. The van der Waals surface area contributed by atoms with Gasteiger partial charge in [0, 0.05) is 23.4 Å². The Bertz CT molecular complexity index is 624. The zero-order chi connectivity index (χ0) is 15.2. The van der Waals surface area contributed by atoms with Gasteiger partial charge in [-0.3, -0.25) is 4.79 Å². The molecule has 0 atom stereocenters. The predicted molar refractivity (Wildman–Crippen MR) is 80.9 cm³/mol. The first-order valence-corrected chi connectivity index (χ1v) is 6.61. The maximum atomic E-state index is 11.0. The Morgan fingerprint density at radius 3 is 2.43 bits per heavy atom. The average molecular weight is 286 g/mol. The molecule has 0 unspecified atom stereocenters. The second kappa shape index (κ2) is 6.76. The maximum Gasteiger partial charge on any atom is 0.248 e. The van der Waals surface area contributed by atoms with Crippen LogP contribution in [0.3, 0.4) is 0 Å². The molecular weight excluding hydrogens is 268 g/mol. The molecule has 0 aromatic heterocycles. The number of primary amides is 1. The van der Waals surface area contributed by atoms with Crippen LogP contribution in [0.25, 0.3) is 0 Å². The minimum Gasteiger partial charge on any atom is -0.489 e. The van der Waals surface area contributed by atoms with E-state index in [9.17, 15) is 4.79 Å². The van der Waals surface area contributed by atoms with Gasteiger partial charge in [-0.2, -0.15) is 0 Å². The fourth-order valence-electron chi connectivity index (χ4n) is 1.92. The fraction of sp³-hybridized carbons (Fsp3) is 0.188. The summed E-state index contributed by atoms with van der Waals surface area (Å²) in [5, 5.41) is 8.85. The van der Waals surface area contributed by atoms with E-state index in [2.05, 4.69) is 0 Å². The van der Waals surface area contributed by atoms with E-state index in [1.54, 1.807) is 18.2 Å². The fourth-order valence-corrected chi connectivity index (χ4v) is 1.92. The minimum absolute atomic E-state index is 0.128. The van der Waals surface area contributed by atoms with Crippen molar-refractivity contribution in [1.29, 1.82) is 0 Å². The number of amides is 1. The van der Waals surface area contributed by atoms with Gasteiger partial charge >= 0.3 is 0 Å². The molecule has 1 amide bonds. The zero-order valence-electron chi connectivity index (χ0n) is 11.6. The van der Waals surface area contributed by atoms with Gasteiger partial charge in [-0.05, 0) is 36.2 Å². The van der Waals surface area contributed by atoms with E-state index in [4.69, 9.17) is 21.3 Å². The maximum absolute atomic E-state index is 11.0. The van der Waals surface area contributed by atoms with Gasteiger partial charge in [0.05, 0.1) is 0 Å². The van der Waals surface area contributed by atoms with Gasteiger partial charge in [-0.25, -0.2) is 0 Å². The molecule has 0 radical (unpaired) electrons. The van der Waals surface area contributed by atoms with Crippen molar-refractivity contribution in [1.82, 2.24) is 0 Å². The summed E-state index contributed by atoms with van der Waals surface area (Å²) in [4.78, 5) is 11.0. The van der Waals surface area contributed by atoms with E-state index in [-0.39, 0.29) is 6.61 Å². The third-order valence-electron chi connectivity index (χ3n) is 3.15. The van der Waals surface area contributed by atoms with Crippen molar-refractivity contribution in [3.63, 3.8) is 0 Å². The molecule has 21 heavy (non-hydrogen) atoms. The normalized spacial score (nSPS) is 10.3. The number of hydrogen-bond acceptors (Lipinski definition) is 4. The van der Waals surface area contributed by atoms with E-state index in [1.807, 2.05) is 24.3 Å². The monoisotopic (exact) mass is 286 g/mol. The summed E-state index contributed by atoms with van der Waals surface area (Å²) in [5.41, 5.74) is 13.8. The lowest BCUT2D eigenvalue weighted by Crippen LogP contribution is -2.12. The molecule has 5 nitrogen and oxygen atoms in total. The Morgan fingerprint density at radius 1 is 1.14 bits per heavy atom. The third-order valence-corrected chi connectivity index (χ3v) is 3.15. The predicted octanol–water partition coefficient (Wildman–Crippen LogP) is 1.48. The van der Waals surface area contributed by atoms with Crippen LogP contribution in [0.5, 0.6) is 5.75 Å². The Balaban J connectivity index is 2.01. The quantitative estimate of drug-likeness (QED) is 0.700. The van der Waals surface area contributed by atoms with Crippen LogP contribution < -0.4 is 16.2 Å². The highest BCUT2D eigenvalue weighted by Gasteiger charge is 2.05. The number of anilines is 1. The summed E-state index contributed by atoms with van der Waals surface area (Å²) in [6, 6.07) is 12.4. The Hall–Kier alpha value is -2.53. The summed E-state index contributed by atoms with van der Waals surface area (Å²) >= 11 is 0. The van der Waals surface area contributed by atoms with E-state index in [1.165, 1.54) is 0 Å². The number of hydrogen-bond donors (Lipinski definition) is 3. The van der Waals surface area contributed by atoms with Crippen molar-refractivity contribution < 1.29 is 14.6 Å². The van der Waals surface area contributed by atoms with Crippen LogP contribution in [0.1, 0.15) is 21.5 Å². The number of nitrogen functional groups attached to an aromatic ring is 1. The Morgan fingerprint density at radius 2 is 1.86 bits per heavy atom. The molecule has 110 valence electrons. The Labute approximate surface area is 123 Å². The van der Waals surface area contributed by atoms with E-state index in [0.717, 1.165) is 16.9 Å². The summed E-state index contributed by atoms with van der Waals surface area (Å²) in [6.45, 7) is 0.438. The van der Waals surface area contributed by atoms with Crippen LogP contribution in [-0.2, 0) is 13.0 Å². The van der Waals surface area contributed by atoms with Crippen LogP contribution in [0.4, 0.5) is 5.69 Å². The number of benzene rings is 2. The number of ether oxygens (including phenoxy) is 1. The molecule has 0 aliphatic rings. The van der Waals surface area contributed by atoms with E-state index >= 15 is 0 Å². The summed E-state index contributed by atoms with van der Waals surface area (Å²) < 4.78 is 5.65. The molecule has 2 aromatic carbocycles. The molecule has 0 heterocycles. The van der Waals surface area contributed by atoms with Crippen LogP contribution in [-0.4, -0.2) is 17.6 Å². The lowest BCUT2D eigenvalue weighted by molar-refractivity contribution is 0.100. The topological polar surface area (TPSA) is 98.6 Å². The number of carbonyl (C=O) groups excluding carboxylic acids is 1. The molecule has 0 bridgehead atoms. The first kappa shape index (κ1) is 14.9. The van der Waals surface area contributed by atoms with Crippen LogP contribution in [0.15, 0.2) is 42.5 Å². The molecule has 0 saturated heterocycles. The average Bonchev–Trinajstić information content (AvgIpc) is 2.47. The van der Waals surface area contributed by atoms with Crippen molar-refractivity contribution in [2.75, 3.05) is 12.3 Å². The first-order chi connectivity index (χ1) is 10.1. The SMILES string of the molecule is NC(=O)c1ccc(COc2ccc(CCO)cc2)c(N)c1. The molecule has 2 aromatic rings. The standard InChI is InChI=1S/C16H18N2O3/c17-15-9-12(16(18)20)3-4-13(15)10-21-14-5-1-11(2-6-14)7-8-19/h1-6,9,19H,7-8,10,17H2,(H2,18,20). The number of rotatable bonds is 6. The molecule has 0 aliphatic heterocycles. The number of aliphatic hydroxyl groups excluding tert-OH is 1. The summed E-state index contributed by atoms with van der Waals surface area (Å²) in [6.07, 6.45) is 0.627.